The molecule has 1 heterocycles. The van der Waals surface area contributed by atoms with Crippen molar-refractivity contribution in [3.8, 4) is 0 Å². The number of hydrogen-bond acceptors (Lipinski definition) is 8. The van der Waals surface area contributed by atoms with E-state index in [-0.39, 0.29) is 27.4 Å². The van der Waals surface area contributed by atoms with E-state index in [0.29, 0.717) is 0 Å². The minimum absolute atomic E-state index is 0.00698. The Labute approximate surface area is 125 Å². The van der Waals surface area contributed by atoms with Gasteiger partial charge in [-0.2, -0.15) is 11.8 Å². The SMILES string of the molecule is CSCC(C)CNS(=O)(=O)c1cc([N+](=O)[O-])c(NN)s1. The van der Waals surface area contributed by atoms with E-state index < -0.39 is 14.9 Å². The van der Waals surface area contributed by atoms with Crippen LogP contribution in [-0.2, 0) is 10.0 Å². The van der Waals surface area contributed by atoms with Gasteiger partial charge in [-0.25, -0.2) is 19.0 Å². The Balaban J connectivity index is 2.90. The normalized spacial score (nSPS) is 13.2. The third-order valence-electron chi connectivity index (χ3n) is 2.36. The van der Waals surface area contributed by atoms with Gasteiger partial charge in [0.25, 0.3) is 0 Å². The molecule has 0 saturated heterocycles. The highest BCUT2D eigenvalue weighted by molar-refractivity contribution is 7.98. The summed E-state index contributed by atoms with van der Waals surface area (Å²) < 4.78 is 26.4. The predicted octanol–water partition coefficient (Wildman–Crippen LogP) is 1.22. The Morgan fingerprint density at radius 1 is 1.60 bits per heavy atom. The lowest BCUT2D eigenvalue weighted by Crippen LogP contribution is -2.28. The standard InChI is InChI=1S/C9H16N4O4S3/c1-6(5-18-2)4-11-20(16,17)8-3-7(13(14)15)9(12-10)19-8/h3,6,11-12H,4-5,10H2,1-2H3. The lowest BCUT2D eigenvalue weighted by atomic mass is 10.2. The molecule has 20 heavy (non-hydrogen) atoms. The summed E-state index contributed by atoms with van der Waals surface area (Å²) in [5.74, 6) is 6.14. The summed E-state index contributed by atoms with van der Waals surface area (Å²) in [6.45, 7) is 2.20. The van der Waals surface area contributed by atoms with Gasteiger partial charge in [0.05, 0.1) is 4.92 Å². The zero-order chi connectivity index (χ0) is 15.3. The molecule has 0 amide bonds. The Kier molecular flexibility index (Phi) is 6.20. The van der Waals surface area contributed by atoms with E-state index in [1.54, 1.807) is 11.8 Å². The van der Waals surface area contributed by atoms with Crippen LogP contribution in [0.4, 0.5) is 10.7 Å². The number of nitro groups is 1. The van der Waals surface area contributed by atoms with Crippen molar-refractivity contribution in [2.75, 3.05) is 24.0 Å². The summed E-state index contributed by atoms with van der Waals surface area (Å²) in [6, 6.07) is 1.00. The topological polar surface area (TPSA) is 127 Å². The fourth-order valence-corrected chi connectivity index (χ4v) is 4.53. The van der Waals surface area contributed by atoms with Crippen molar-refractivity contribution in [3.05, 3.63) is 16.2 Å². The Bertz CT molecular complexity index is 572. The molecular formula is C9H16N4O4S3. The number of anilines is 1. The first-order valence-electron chi connectivity index (χ1n) is 5.55. The van der Waals surface area contributed by atoms with E-state index in [9.17, 15) is 18.5 Å². The first kappa shape index (κ1) is 17.2. The molecule has 0 aromatic carbocycles. The average molecular weight is 340 g/mol. The highest BCUT2D eigenvalue weighted by Gasteiger charge is 2.25. The number of nitrogen functional groups attached to an aromatic ring is 1. The van der Waals surface area contributed by atoms with Gasteiger partial charge in [-0.15, -0.1) is 0 Å². The molecule has 0 aliphatic carbocycles. The maximum Gasteiger partial charge on any atom is 0.306 e. The van der Waals surface area contributed by atoms with Crippen molar-refractivity contribution in [1.82, 2.24) is 4.72 Å². The summed E-state index contributed by atoms with van der Waals surface area (Å²) in [5, 5.41) is 10.8. The van der Waals surface area contributed by atoms with Gasteiger partial charge in [0.2, 0.25) is 10.0 Å². The first-order valence-corrected chi connectivity index (χ1v) is 9.24. The number of nitrogens with zero attached hydrogens (tertiary/aromatic N) is 1. The number of nitrogens with one attached hydrogen (secondary N) is 2. The molecule has 0 aliphatic heterocycles. The van der Waals surface area contributed by atoms with Crippen LogP contribution in [0, 0.1) is 16.0 Å². The minimum Gasteiger partial charge on any atom is -0.310 e. The lowest BCUT2D eigenvalue weighted by molar-refractivity contribution is -0.383. The maximum absolute atomic E-state index is 12.0. The van der Waals surface area contributed by atoms with Gasteiger partial charge in [-0.1, -0.05) is 18.3 Å². The number of hydrogen-bond donors (Lipinski definition) is 3. The van der Waals surface area contributed by atoms with E-state index in [2.05, 4.69) is 10.1 Å². The second kappa shape index (κ2) is 7.22. The average Bonchev–Trinajstić information content (AvgIpc) is 2.82. The molecule has 114 valence electrons. The Morgan fingerprint density at radius 2 is 2.25 bits per heavy atom. The molecule has 1 rings (SSSR count). The fourth-order valence-electron chi connectivity index (χ4n) is 1.40. The molecule has 0 aliphatic rings. The monoisotopic (exact) mass is 340 g/mol. The van der Waals surface area contributed by atoms with Gasteiger partial charge in [-0.05, 0) is 17.9 Å². The molecular weight excluding hydrogens is 324 g/mol. The van der Waals surface area contributed by atoms with Crippen LogP contribution in [0.5, 0.6) is 0 Å². The third kappa shape index (κ3) is 4.31. The van der Waals surface area contributed by atoms with Gasteiger partial charge in [0.1, 0.15) is 4.21 Å². The maximum atomic E-state index is 12.0. The lowest BCUT2D eigenvalue weighted by Gasteiger charge is -2.10. The second-order valence-corrected chi connectivity index (χ2v) is 8.05. The van der Waals surface area contributed by atoms with Crippen LogP contribution in [0.2, 0.25) is 0 Å². The summed E-state index contributed by atoms with van der Waals surface area (Å²) in [4.78, 5) is 10.1. The van der Waals surface area contributed by atoms with Crippen LogP contribution in [0.25, 0.3) is 0 Å². The van der Waals surface area contributed by atoms with Crippen LogP contribution in [0.3, 0.4) is 0 Å². The number of thioether (sulfide) groups is 1. The van der Waals surface area contributed by atoms with Crippen LogP contribution >= 0.6 is 23.1 Å². The Hall–Kier alpha value is -0.880. The number of hydrazine groups is 1. The van der Waals surface area contributed by atoms with Crippen LogP contribution in [0.1, 0.15) is 6.92 Å². The van der Waals surface area contributed by atoms with Crippen LogP contribution in [0.15, 0.2) is 10.3 Å². The first-order chi connectivity index (χ1) is 9.31. The van der Waals surface area contributed by atoms with Crippen molar-refractivity contribution in [3.63, 3.8) is 0 Å². The van der Waals surface area contributed by atoms with E-state index in [1.807, 2.05) is 13.2 Å². The third-order valence-corrected chi connectivity index (χ3v) is 6.21. The van der Waals surface area contributed by atoms with E-state index in [0.717, 1.165) is 23.2 Å². The van der Waals surface area contributed by atoms with Crippen LogP contribution in [-0.4, -0.2) is 31.9 Å². The second-order valence-electron chi connectivity index (χ2n) is 4.09. The zero-order valence-electron chi connectivity index (χ0n) is 11.0. The molecule has 0 bridgehead atoms. The van der Waals surface area contributed by atoms with Gasteiger partial charge >= 0.3 is 5.69 Å². The number of nitrogens with two attached hydrogens (primary N) is 1. The molecule has 1 unspecified atom stereocenters. The van der Waals surface area contributed by atoms with Crippen molar-refractivity contribution in [2.24, 2.45) is 11.8 Å². The largest absolute Gasteiger partial charge is 0.310 e. The summed E-state index contributed by atoms with van der Waals surface area (Å²) in [5.41, 5.74) is 1.78. The Morgan fingerprint density at radius 3 is 2.70 bits per heavy atom. The molecule has 1 aromatic heterocycles. The number of rotatable bonds is 8. The summed E-state index contributed by atoms with van der Waals surface area (Å²) in [6.07, 6.45) is 1.94. The molecule has 4 N–H and O–H groups in total. The minimum atomic E-state index is -3.76. The van der Waals surface area contributed by atoms with Gasteiger partial charge in [-0.3, -0.25) is 10.1 Å². The molecule has 0 saturated carbocycles. The number of thiophene rings is 1. The highest BCUT2D eigenvalue weighted by Crippen LogP contribution is 2.36. The fraction of sp³-hybridized carbons (Fsp3) is 0.556. The molecule has 8 nitrogen and oxygen atoms in total. The van der Waals surface area contributed by atoms with Gasteiger partial charge in [0.15, 0.2) is 5.00 Å². The summed E-state index contributed by atoms with van der Waals surface area (Å²) >= 11 is 2.35. The molecule has 1 aromatic rings. The molecule has 1 atom stereocenters. The number of sulfonamides is 1. The van der Waals surface area contributed by atoms with Gasteiger partial charge in [0, 0.05) is 12.6 Å². The van der Waals surface area contributed by atoms with Crippen molar-refractivity contribution >= 4 is 43.8 Å². The zero-order valence-corrected chi connectivity index (χ0v) is 13.4. The van der Waals surface area contributed by atoms with E-state index in [4.69, 9.17) is 5.84 Å². The highest BCUT2D eigenvalue weighted by atomic mass is 32.2. The van der Waals surface area contributed by atoms with Crippen molar-refractivity contribution < 1.29 is 13.3 Å². The molecule has 0 radical (unpaired) electrons. The van der Waals surface area contributed by atoms with Crippen LogP contribution < -0.4 is 16.0 Å². The predicted molar refractivity (Wildman–Crippen MR) is 81.5 cm³/mol. The van der Waals surface area contributed by atoms with Gasteiger partial charge < -0.3 is 5.43 Å². The summed E-state index contributed by atoms with van der Waals surface area (Å²) in [7, 11) is -3.76. The van der Waals surface area contributed by atoms with Crippen molar-refractivity contribution in [1.29, 1.82) is 0 Å². The molecule has 0 spiro atoms. The quantitative estimate of drug-likeness (QED) is 0.369. The van der Waals surface area contributed by atoms with E-state index >= 15 is 0 Å². The molecule has 0 fully saturated rings. The van der Waals surface area contributed by atoms with E-state index in [1.165, 1.54) is 0 Å². The van der Waals surface area contributed by atoms with Crippen molar-refractivity contribution in [2.45, 2.75) is 11.1 Å². The molecule has 11 heteroatoms. The smallest absolute Gasteiger partial charge is 0.306 e.